The molecule has 1 fully saturated rings. The fourth-order valence-corrected chi connectivity index (χ4v) is 2.08. The molecule has 0 radical (unpaired) electrons. The van der Waals surface area contributed by atoms with Crippen LogP contribution in [0.15, 0.2) is 10.7 Å². The molecule has 1 aliphatic heterocycles. The molecular formula is C11H22ClN4+. The Morgan fingerprint density at radius 2 is 2.06 bits per heavy atom. The van der Waals surface area contributed by atoms with Crippen LogP contribution in [-0.2, 0) is 0 Å². The van der Waals surface area contributed by atoms with E-state index in [0.29, 0.717) is 10.7 Å². The summed E-state index contributed by atoms with van der Waals surface area (Å²) in [4.78, 5) is 2.33. The van der Waals surface area contributed by atoms with E-state index in [1.54, 1.807) is 0 Å². The molecule has 0 saturated carbocycles. The third-order valence-electron chi connectivity index (χ3n) is 2.83. The van der Waals surface area contributed by atoms with E-state index >= 15 is 0 Å². The summed E-state index contributed by atoms with van der Waals surface area (Å²) < 4.78 is 2.27. The van der Waals surface area contributed by atoms with Crippen LogP contribution in [-0.4, -0.2) is 55.6 Å². The molecule has 0 aliphatic carbocycles. The molecule has 4 nitrogen and oxygen atoms in total. The molecule has 0 atom stereocenters. The summed E-state index contributed by atoms with van der Waals surface area (Å²) in [6.07, 6.45) is 1.15. The highest BCUT2D eigenvalue weighted by Crippen LogP contribution is 2.07. The molecule has 0 spiro atoms. The van der Waals surface area contributed by atoms with Crippen molar-refractivity contribution in [3.63, 3.8) is 0 Å². The zero-order chi connectivity index (χ0) is 12.1. The zero-order valence-corrected chi connectivity index (χ0v) is 11.1. The first kappa shape index (κ1) is 13.3. The highest BCUT2D eigenvalue weighted by Gasteiger charge is 2.19. The van der Waals surface area contributed by atoms with Crippen molar-refractivity contribution in [2.45, 2.75) is 13.3 Å². The first-order chi connectivity index (χ1) is 7.56. The van der Waals surface area contributed by atoms with Gasteiger partial charge in [0.1, 0.15) is 5.03 Å². The lowest BCUT2D eigenvalue weighted by Crippen LogP contribution is -2.35. The lowest BCUT2D eigenvalue weighted by atomic mass is 10.3. The van der Waals surface area contributed by atoms with Crippen molar-refractivity contribution >= 4 is 17.4 Å². The Hall–Kier alpha value is -0.740. The second-order valence-corrected chi connectivity index (χ2v) is 4.62. The molecule has 0 aromatic rings. The van der Waals surface area contributed by atoms with Crippen LogP contribution in [0.4, 0.5) is 0 Å². The van der Waals surface area contributed by atoms with Crippen molar-refractivity contribution in [1.82, 2.24) is 10.2 Å². The average Bonchev–Trinajstić information content (AvgIpc) is 2.45. The molecule has 1 heterocycles. The summed E-state index contributed by atoms with van der Waals surface area (Å²) in [5, 5.41) is 3.78. The predicted molar refractivity (Wildman–Crippen MR) is 68.9 cm³/mol. The van der Waals surface area contributed by atoms with E-state index < -0.39 is 0 Å². The number of nitrogens with two attached hydrogens (primary N) is 1. The monoisotopic (exact) mass is 245 g/mol. The SMILES string of the molecule is CNC(C(Cl)=C(C)N)=[N+]1CCCN(C)CC1. The summed E-state index contributed by atoms with van der Waals surface area (Å²) >= 11 is 6.20. The van der Waals surface area contributed by atoms with Gasteiger partial charge in [-0.2, -0.15) is 0 Å². The molecule has 0 unspecified atom stereocenters. The van der Waals surface area contributed by atoms with Crippen LogP contribution in [0, 0.1) is 0 Å². The van der Waals surface area contributed by atoms with Gasteiger partial charge in [-0.05, 0) is 20.4 Å². The largest absolute Gasteiger partial charge is 0.401 e. The van der Waals surface area contributed by atoms with Crippen molar-refractivity contribution in [1.29, 1.82) is 0 Å². The molecule has 5 heteroatoms. The number of hydrogen-bond donors (Lipinski definition) is 2. The van der Waals surface area contributed by atoms with Crippen LogP contribution in [0.5, 0.6) is 0 Å². The van der Waals surface area contributed by atoms with E-state index in [1.165, 1.54) is 0 Å². The summed E-state index contributed by atoms with van der Waals surface area (Å²) in [5.41, 5.74) is 6.39. The lowest BCUT2D eigenvalue weighted by Gasteiger charge is -2.11. The fourth-order valence-electron chi connectivity index (χ4n) is 1.86. The Morgan fingerprint density at radius 1 is 1.38 bits per heavy atom. The van der Waals surface area contributed by atoms with Crippen LogP contribution in [0.25, 0.3) is 0 Å². The Labute approximate surface area is 103 Å². The van der Waals surface area contributed by atoms with E-state index in [-0.39, 0.29) is 0 Å². The van der Waals surface area contributed by atoms with Crippen LogP contribution in [0.2, 0.25) is 0 Å². The maximum Gasteiger partial charge on any atom is 0.290 e. The molecule has 0 amide bonds. The molecule has 0 aromatic carbocycles. The highest BCUT2D eigenvalue weighted by atomic mass is 35.5. The highest BCUT2D eigenvalue weighted by molar-refractivity contribution is 6.42. The number of halogens is 1. The molecule has 1 aliphatic rings. The van der Waals surface area contributed by atoms with Gasteiger partial charge in [-0.25, -0.2) is 0 Å². The summed E-state index contributed by atoms with van der Waals surface area (Å²) in [7, 11) is 4.03. The van der Waals surface area contributed by atoms with Crippen LogP contribution in [0.1, 0.15) is 13.3 Å². The third kappa shape index (κ3) is 3.39. The van der Waals surface area contributed by atoms with Gasteiger partial charge in [0.05, 0.1) is 20.1 Å². The van der Waals surface area contributed by atoms with E-state index in [1.807, 2.05) is 14.0 Å². The molecule has 1 rings (SSSR count). The molecule has 0 bridgehead atoms. The third-order valence-corrected chi connectivity index (χ3v) is 3.30. The number of likely N-dealkylation sites (N-methyl/N-ethyl adjacent to an activating group) is 2. The molecule has 3 N–H and O–H groups in total. The maximum atomic E-state index is 6.20. The second kappa shape index (κ2) is 6.11. The molecule has 16 heavy (non-hydrogen) atoms. The number of rotatable bonds is 1. The Balaban J connectivity index is 2.94. The van der Waals surface area contributed by atoms with Gasteiger partial charge in [0.15, 0.2) is 0 Å². The lowest BCUT2D eigenvalue weighted by molar-refractivity contribution is -0.525. The Bertz CT molecular complexity index is 305. The molecule has 92 valence electrons. The van der Waals surface area contributed by atoms with Crippen molar-refractivity contribution < 1.29 is 4.58 Å². The minimum absolute atomic E-state index is 0.632. The van der Waals surface area contributed by atoms with Gasteiger partial charge >= 0.3 is 0 Å². The normalized spacial score (nSPS) is 23.5. The topological polar surface area (TPSA) is 44.3 Å². The number of nitrogens with one attached hydrogen (secondary N) is 1. The van der Waals surface area contributed by atoms with Crippen LogP contribution in [0.3, 0.4) is 0 Å². The first-order valence-electron chi connectivity index (χ1n) is 5.66. The van der Waals surface area contributed by atoms with Gasteiger partial charge < -0.3 is 10.6 Å². The minimum Gasteiger partial charge on any atom is -0.401 e. The van der Waals surface area contributed by atoms with Gasteiger partial charge in [-0.15, -0.1) is 0 Å². The Morgan fingerprint density at radius 3 is 2.62 bits per heavy atom. The number of amidine groups is 1. The zero-order valence-electron chi connectivity index (χ0n) is 10.4. The number of nitrogens with zero attached hydrogens (tertiary/aromatic N) is 2. The number of hydrogen-bond acceptors (Lipinski definition) is 2. The van der Waals surface area contributed by atoms with Gasteiger partial charge in [0.2, 0.25) is 0 Å². The minimum atomic E-state index is 0.632. The Kier molecular flexibility index (Phi) is 5.09. The average molecular weight is 246 g/mol. The summed E-state index contributed by atoms with van der Waals surface area (Å²) in [6.45, 7) is 6.01. The van der Waals surface area contributed by atoms with Gasteiger partial charge in [0, 0.05) is 18.8 Å². The van der Waals surface area contributed by atoms with Crippen molar-refractivity contribution in [2.24, 2.45) is 5.73 Å². The van der Waals surface area contributed by atoms with E-state index in [9.17, 15) is 0 Å². The van der Waals surface area contributed by atoms with Crippen molar-refractivity contribution in [3.8, 4) is 0 Å². The van der Waals surface area contributed by atoms with E-state index in [0.717, 1.165) is 38.4 Å². The summed E-state index contributed by atoms with van der Waals surface area (Å²) in [5.74, 6) is 0.942. The second-order valence-electron chi connectivity index (χ2n) is 4.24. The smallest absolute Gasteiger partial charge is 0.290 e. The molecular weight excluding hydrogens is 224 g/mol. The number of allylic oxidation sites excluding steroid dienone is 1. The first-order valence-corrected chi connectivity index (χ1v) is 6.04. The van der Waals surface area contributed by atoms with Crippen LogP contribution >= 0.6 is 11.6 Å². The van der Waals surface area contributed by atoms with Crippen molar-refractivity contribution in [3.05, 3.63) is 10.7 Å². The molecule has 0 aromatic heterocycles. The van der Waals surface area contributed by atoms with Gasteiger partial charge in [0.25, 0.3) is 5.84 Å². The van der Waals surface area contributed by atoms with Crippen molar-refractivity contribution in [2.75, 3.05) is 40.3 Å². The van der Waals surface area contributed by atoms with E-state index in [2.05, 4.69) is 21.8 Å². The fraction of sp³-hybridized carbons (Fsp3) is 0.727. The van der Waals surface area contributed by atoms with Gasteiger partial charge in [-0.3, -0.25) is 9.89 Å². The van der Waals surface area contributed by atoms with Gasteiger partial charge in [-0.1, -0.05) is 11.6 Å². The van der Waals surface area contributed by atoms with E-state index in [4.69, 9.17) is 17.3 Å². The maximum absolute atomic E-state index is 6.20. The molecule has 1 saturated heterocycles. The summed E-state index contributed by atoms with van der Waals surface area (Å²) in [6, 6.07) is 0. The standard InChI is InChI=1S/C11H21ClN4/c1-9(13)10(12)11(14-2)16-6-4-5-15(3)7-8-16/h4-8H2,1-3H3,(H2,13,14)/p+1. The predicted octanol–water partition coefficient (Wildman–Crippen LogP) is 0.381. The quantitative estimate of drug-likeness (QED) is 0.519. The van der Waals surface area contributed by atoms with Crippen LogP contribution < -0.4 is 11.1 Å².